The summed E-state index contributed by atoms with van der Waals surface area (Å²) in [6.45, 7) is -0.427. The van der Waals surface area contributed by atoms with E-state index in [0.29, 0.717) is 16.5 Å². The van der Waals surface area contributed by atoms with Gasteiger partial charge in [0.25, 0.3) is 0 Å². The fourth-order valence-electron chi connectivity index (χ4n) is 3.80. The molecular formula is C27H29Cl2NO5. The lowest BCUT2D eigenvalue weighted by molar-refractivity contribution is -0.129. The summed E-state index contributed by atoms with van der Waals surface area (Å²) >= 11 is 12.3. The SMILES string of the molecule is COCC(=O)N[C@@H](Cc1ccc(-c2cc(Cl)cc(Cl)c2)cc1)[C@H](OCc1ccccc1)[C@@H](O)CO. The van der Waals surface area contributed by atoms with Gasteiger partial charge in [0.05, 0.1) is 19.3 Å². The molecule has 0 aromatic heterocycles. The van der Waals surface area contributed by atoms with E-state index in [4.69, 9.17) is 32.7 Å². The van der Waals surface area contributed by atoms with E-state index in [9.17, 15) is 15.0 Å². The van der Waals surface area contributed by atoms with E-state index in [0.717, 1.165) is 22.3 Å². The first-order valence-electron chi connectivity index (χ1n) is 11.2. The van der Waals surface area contributed by atoms with Crippen LogP contribution in [0.3, 0.4) is 0 Å². The van der Waals surface area contributed by atoms with Gasteiger partial charge >= 0.3 is 0 Å². The molecule has 0 heterocycles. The molecule has 186 valence electrons. The van der Waals surface area contributed by atoms with E-state index in [1.807, 2.05) is 66.7 Å². The van der Waals surface area contributed by atoms with Crippen molar-refractivity contribution >= 4 is 29.1 Å². The van der Waals surface area contributed by atoms with E-state index < -0.39 is 24.9 Å². The number of hydrogen-bond acceptors (Lipinski definition) is 5. The first-order chi connectivity index (χ1) is 16.9. The number of ether oxygens (including phenoxy) is 2. The van der Waals surface area contributed by atoms with Gasteiger partial charge in [-0.2, -0.15) is 0 Å². The predicted octanol–water partition coefficient (Wildman–Crippen LogP) is 4.27. The van der Waals surface area contributed by atoms with Crippen molar-refractivity contribution in [1.29, 1.82) is 0 Å². The van der Waals surface area contributed by atoms with Gasteiger partial charge in [-0.1, -0.05) is 77.8 Å². The summed E-state index contributed by atoms with van der Waals surface area (Å²) < 4.78 is 11.0. The van der Waals surface area contributed by atoms with E-state index in [1.54, 1.807) is 6.07 Å². The zero-order valence-electron chi connectivity index (χ0n) is 19.4. The van der Waals surface area contributed by atoms with Crippen molar-refractivity contribution in [2.45, 2.75) is 31.3 Å². The molecule has 3 rings (SSSR count). The van der Waals surface area contributed by atoms with Crippen molar-refractivity contribution in [2.75, 3.05) is 20.3 Å². The third kappa shape index (κ3) is 8.32. The van der Waals surface area contributed by atoms with E-state index >= 15 is 0 Å². The Morgan fingerprint density at radius 2 is 1.60 bits per heavy atom. The number of hydrogen-bond donors (Lipinski definition) is 3. The number of nitrogens with one attached hydrogen (secondary N) is 1. The summed E-state index contributed by atoms with van der Waals surface area (Å²) in [6.07, 6.45) is -1.69. The molecule has 0 spiro atoms. The van der Waals surface area contributed by atoms with Crippen molar-refractivity contribution < 1.29 is 24.5 Å². The topological polar surface area (TPSA) is 88.0 Å². The highest BCUT2D eigenvalue weighted by Gasteiger charge is 2.30. The Morgan fingerprint density at radius 3 is 2.20 bits per heavy atom. The number of methoxy groups -OCH3 is 1. The van der Waals surface area contributed by atoms with Gasteiger partial charge in [-0.3, -0.25) is 4.79 Å². The van der Waals surface area contributed by atoms with Crippen LogP contribution in [0.5, 0.6) is 0 Å². The first kappa shape index (κ1) is 27.1. The number of halogens is 2. The summed E-state index contributed by atoms with van der Waals surface area (Å²) in [5, 5.41) is 24.2. The monoisotopic (exact) mass is 517 g/mol. The molecule has 8 heteroatoms. The number of carbonyl (C=O) groups is 1. The molecular weight excluding hydrogens is 489 g/mol. The Hall–Kier alpha value is -2.45. The highest BCUT2D eigenvalue weighted by atomic mass is 35.5. The molecule has 0 saturated carbocycles. The second kappa shape index (κ2) is 13.6. The van der Waals surface area contributed by atoms with Crippen LogP contribution in [0.1, 0.15) is 11.1 Å². The molecule has 3 N–H and O–H groups in total. The molecule has 6 nitrogen and oxygen atoms in total. The summed E-state index contributed by atoms with van der Waals surface area (Å²) in [6, 6.07) is 22.0. The number of amides is 1. The van der Waals surface area contributed by atoms with Crippen molar-refractivity contribution in [3.63, 3.8) is 0 Å². The highest BCUT2D eigenvalue weighted by molar-refractivity contribution is 6.35. The molecule has 0 saturated heterocycles. The van der Waals surface area contributed by atoms with Crippen LogP contribution in [-0.2, 0) is 27.3 Å². The van der Waals surface area contributed by atoms with Gasteiger partial charge in [-0.15, -0.1) is 0 Å². The van der Waals surface area contributed by atoms with Gasteiger partial charge in [0.15, 0.2) is 0 Å². The summed E-state index contributed by atoms with van der Waals surface area (Å²) in [5.74, 6) is -0.346. The van der Waals surface area contributed by atoms with Crippen LogP contribution in [0.25, 0.3) is 11.1 Å². The van der Waals surface area contributed by atoms with E-state index in [1.165, 1.54) is 7.11 Å². The molecule has 0 bridgehead atoms. The third-order valence-corrected chi connectivity index (χ3v) is 5.91. The Bertz CT molecular complexity index is 1060. The van der Waals surface area contributed by atoms with Crippen LogP contribution >= 0.6 is 23.2 Å². The molecule has 0 fully saturated rings. The summed E-state index contributed by atoms with van der Waals surface area (Å²) in [7, 11) is 1.43. The fourth-order valence-corrected chi connectivity index (χ4v) is 4.33. The Morgan fingerprint density at radius 1 is 0.943 bits per heavy atom. The van der Waals surface area contributed by atoms with Crippen LogP contribution < -0.4 is 5.32 Å². The molecule has 3 aromatic carbocycles. The minimum absolute atomic E-state index is 0.133. The van der Waals surface area contributed by atoms with Gasteiger partial charge in [-0.25, -0.2) is 0 Å². The lowest BCUT2D eigenvalue weighted by Crippen LogP contribution is -2.52. The van der Waals surface area contributed by atoms with Crippen molar-refractivity contribution in [2.24, 2.45) is 0 Å². The van der Waals surface area contributed by atoms with Crippen LogP contribution in [-0.4, -0.2) is 54.7 Å². The van der Waals surface area contributed by atoms with Gasteiger partial charge < -0.3 is 25.0 Å². The van der Waals surface area contributed by atoms with E-state index in [2.05, 4.69) is 5.32 Å². The molecule has 0 radical (unpaired) electrons. The molecule has 0 aliphatic carbocycles. The first-order valence-corrected chi connectivity index (χ1v) is 11.9. The van der Waals surface area contributed by atoms with Crippen molar-refractivity contribution in [1.82, 2.24) is 5.32 Å². The Balaban J connectivity index is 1.81. The van der Waals surface area contributed by atoms with Crippen LogP contribution in [0.4, 0.5) is 0 Å². The average Bonchev–Trinajstić information content (AvgIpc) is 2.84. The number of aliphatic hydroxyl groups excluding tert-OH is 2. The molecule has 0 aliphatic heterocycles. The second-order valence-corrected chi connectivity index (χ2v) is 9.05. The standard InChI is InChI=1S/C27H29Cl2NO5/c1-34-17-26(33)30-24(27(25(32)15-31)35-16-19-5-3-2-4-6-19)11-18-7-9-20(10-8-18)21-12-22(28)14-23(29)13-21/h2-10,12-14,24-25,27,31-32H,11,15-17H2,1H3,(H,30,33)/t24-,25-,27-/m0/s1. The molecule has 0 unspecified atom stereocenters. The van der Waals surface area contributed by atoms with Crippen molar-refractivity contribution in [3.8, 4) is 11.1 Å². The molecule has 35 heavy (non-hydrogen) atoms. The average molecular weight is 518 g/mol. The fraction of sp³-hybridized carbons (Fsp3) is 0.296. The lowest BCUT2D eigenvalue weighted by atomic mass is 9.95. The molecule has 0 aliphatic rings. The zero-order chi connectivity index (χ0) is 25.2. The molecule has 3 atom stereocenters. The molecule has 1 amide bonds. The number of aliphatic hydroxyl groups is 2. The highest BCUT2D eigenvalue weighted by Crippen LogP contribution is 2.28. The van der Waals surface area contributed by atoms with Gasteiger partial charge in [0.1, 0.15) is 18.8 Å². The smallest absolute Gasteiger partial charge is 0.246 e. The van der Waals surface area contributed by atoms with Gasteiger partial charge in [0.2, 0.25) is 5.91 Å². The number of benzene rings is 3. The predicted molar refractivity (Wildman–Crippen MR) is 138 cm³/mol. The Labute approximate surface area is 215 Å². The van der Waals surface area contributed by atoms with Gasteiger partial charge in [0, 0.05) is 17.2 Å². The quantitative estimate of drug-likeness (QED) is 0.333. The minimum atomic E-state index is -1.19. The van der Waals surface area contributed by atoms with Crippen LogP contribution in [0.2, 0.25) is 10.0 Å². The molecule has 3 aromatic rings. The maximum Gasteiger partial charge on any atom is 0.246 e. The summed E-state index contributed by atoms with van der Waals surface area (Å²) in [4.78, 5) is 12.4. The Kier molecular flexibility index (Phi) is 10.5. The lowest BCUT2D eigenvalue weighted by Gasteiger charge is -2.31. The summed E-state index contributed by atoms with van der Waals surface area (Å²) in [5.41, 5.74) is 3.64. The largest absolute Gasteiger partial charge is 0.394 e. The van der Waals surface area contributed by atoms with Crippen molar-refractivity contribution in [3.05, 3.63) is 94.0 Å². The normalized spacial score (nSPS) is 13.7. The van der Waals surface area contributed by atoms with Crippen LogP contribution in [0, 0.1) is 0 Å². The maximum atomic E-state index is 12.4. The second-order valence-electron chi connectivity index (χ2n) is 8.18. The van der Waals surface area contributed by atoms with Gasteiger partial charge in [-0.05, 0) is 46.9 Å². The number of rotatable bonds is 12. The maximum absolute atomic E-state index is 12.4. The third-order valence-electron chi connectivity index (χ3n) is 5.48. The van der Waals surface area contributed by atoms with E-state index in [-0.39, 0.29) is 19.1 Å². The zero-order valence-corrected chi connectivity index (χ0v) is 20.9. The van der Waals surface area contributed by atoms with Crippen LogP contribution in [0.15, 0.2) is 72.8 Å². The minimum Gasteiger partial charge on any atom is -0.394 e. The number of carbonyl (C=O) groups excluding carboxylic acids is 1.